The van der Waals surface area contributed by atoms with Gasteiger partial charge in [0.15, 0.2) is 0 Å². The number of benzene rings is 2. The van der Waals surface area contributed by atoms with E-state index < -0.39 is 53.0 Å². The lowest BCUT2D eigenvalue weighted by atomic mass is 9.84. The lowest BCUT2D eigenvalue weighted by Gasteiger charge is -2.40. The fourth-order valence-corrected chi connectivity index (χ4v) is 10.2. The van der Waals surface area contributed by atoms with Crippen LogP contribution in [0.25, 0.3) is 27.6 Å². The van der Waals surface area contributed by atoms with Crippen molar-refractivity contribution < 1.29 is 38.6 Å². The number of likely N-dealkylation sites (N-methyl/N-ethyl adjacent to an activating group) is 1. The van der Waals surface area contributed by atoms with Crippen LogP contribution in [0, 0.1) is 17.3 Å². The molecule has 3 aliphatic heterocycles. The first kappa shape index (κ1) is 51.5. The largest absolute Gasteiger partial charge is 0.462 e. The molecule has 15 nitrogen and oxygen atoms in total. The minimum Gasteiger partial charge on any atom is -0.462 e. The van der Waals surface area contributed by atoms with Gasteiger partial charge in [0.1, 0.15) is 12.1 Å². The number of hydrazine groups is 1. The number of allylic oxidation sites excluding steroid dienone is 2. The van der Waals surface area contributed by atoms with Crippen LogP contribution in [0.15, 0.2) is 78.5 Å². The monoisotopic (exact) mass is 934 g/mol. The molecule has 68 heavy (non-hydrogen) atoms. The van der Waals surface area contributed by atoms with Gasteiger partial charge in [-0.3, -0.25) is 29.2 Å². The number of carbonyl (C=O) groups excluding carboxylic acids is 5. The lowest BCUT2D eigenvalue weighted by molar-refractivity contribution is -0.189. The maximum atomic E-state index is 14.8. The van der Waals surface area contributed by atoms with Gasteiger partial charge in [-0.2, -0.15) is 5.43 Å². The quantitative estimate of drug-likeness (QED) is 0.0824. The standard InChI is InChI=1S/C53H71N7O8/c1-13-38(45(54-15-3)34(8)67-12)47-41-30-52(9,10)31-68-51(65)53(66)24-18-25-60(56-53)50(64)42(28-35-19-17-20-36(27-35)37-21-22-43(40(41)29-37)58(47)16-4)55-48(62)46(32(5)6)57(11)49(63)39-23-26-59(33(39)7)44(61)14-2/h13-15,17,19-22,27,29,32-34,39,42,46,56,66H,1-2,16,18,23-26,28,30-31H2,3-12H3,(H,55,62)/b45-38+,54-15-/t33-,34+,39+,42+,46+,53+/m1/s1. The molecule has 0 aliphatic carbocycles. The van der Waals surface area contributed by atoms with Crippen LogP contribution in [-0.2, 0) is 52.8 Å². The first-order valence-corrected chi connectivity index (χ1v) is 23.9. The van der Waals surface area contributed by atoms with Crippen LogP contribution in [0.5, 0.6) is 0 Å². The van der Waals surface area contributed by atoms with E-state index in [0.717, 1.165) is 50.1 Å². The number of nitrogens with one attached hydrogen (secondary N) is 2. The summed E-state index contributed by atoms with van der Waals surface area (Å²) >= 11 is 0. The van der Waals surface area contributed by atoms with Gasteiger partial charge in [-0.25, -0.2) is 4.79 Å². The molecule has 6 bridgehead atoms. The summed E-state index contributed by atoms with van der Waals surface area (Å²) in [5.74, 6) is -3.48. The zero-order chi connectivity index (χ0) is 49.8. The molecule has 0 saturated carbocycles. The fraction of sp³-hybridized carbons (Fsp3) is 0.509. The van der Waals surface area contributed by atoms with Crippen molar-refractivity contribution in [1.29, 1.82) is 0 Å². The molecule has 3 aromatic rings. The van der Waals surface area contributed by atoms with Gasteiger partial charge in [0.2, 0.25) is 23.4 Å². The normalized spacial score (nSPS) is 23.4. The van der Waals surface area contributed by atoms with E-state index in [1.165, 1.54) is 16.0 Å². The molecular formula is C53H71N7O8. The first-order valence-electron chi connectivity index (χ1n) is 23.9. The van der Waals surface area contributed by atoms with Crippen molar-refractivity contribution >= 4 is 52.3 Å². The van der Waals surface area contributed by atoms with Crippen molar-refractivity contribution in [1.82, 2.24) is 30.1 Å². The van der Waals surface area contributed by atoms with Crippen LogP contribution in [0.2, 0.25) is 0 Å². The van der Waals surface area contributed by atoms with Crippen molar-refractivity contribution in [2.45, 2.75) is 124 Å². The third-order valence-electron chi connectivity index (χ3n) is 13.8. The number of aliphatic hydroxyl groups is 1. The highest BCUT2D eigenvalue weighted by Crippen LogP contribution is 2.40. The molecule has 6 atom stereocenters. The lowest BCUT2D eigenvalue weighted by Crippen LogP contribution is -2.67. The van der Waals surface area contributed by atoms with Crippen LogP contribution in [0.4, 0.5) is 0 Å². The van der Waals surface area contributed by atoms with Gasteiger partial charge in [-0.15, -0.1) is 0 Å². The highest BCUT2D eigenvalue weighted by molar-refractivity contribution is 5.96. The average Bonchev–Trinajstić information content (AvgIpc) is 3.85. The van der Waals surface area contributed by atoms with Gasteiger partial charge in [-0.05, 0) is 93.3 Å². The van der Waals surface area contributed by atoms with E-state index in [-0.39, 0.29) is 56.3 Å². The number of ether oxygens (including phenoxy) is 2. The van der Waals surface area contributed by atoms with Gasteiger partial charge in [0.05, 0.1) is 30.0 Å². The minimum absolute atomic E-state index is 0.0182. The number of carbonyl (C=O) groups is 5. The summed E-state index contributed by atoms with van der Waals surface area (Å²) < 4.78 is 14.1. The smallest absolute Gasteiger partial charge is 0.355 e. The van der Waals surface area contributed by atoms with Crippen molar-refractivity contribution in [2.24, 2.45) is 22.2 Å². The summed E-state index contributed by atoms with van der Waals surface area (Å²) in [5.41, 5.74) is 6.91. The number of hydrogen-bond acceptors (Lipinski definition) is 10. The molecule has 3 aliphatic rings. The third-order valence-corrected chi connectivity index (χ3v) is 13.8. The molecule has 0 spiro atoms. The molecule has 15 heteroatoms. The maximum absolute atomic E-state index is 14.8. The molecule has 2 saturated heterocycles. The van der Waals surface area contributed by atoms with Gasteiger partial charge in [0, 0.05) is 80.8 Å². The summed E-state index contributed by atoms with van der Waals surface area (Å²) in [4.78, 5) is 77.9. The topological polar surface area (TPSA) is 175 Å². The Morgan fingerprint density at radius 3 is 2.46 bits per heavy atom. The second-order valence-electron chi connectivity index (χ2n) is 19.5. The molecule has 0 unspecified atom stereocenters. The number of amides is 4. The number of rotatable bonds is 12. The van der Waals surface area contributed by atoms with Gasteiger partial charge in [0.25, 0.3) is 5.91 Å². The predicted octanol–water partition coefficient (Wildman–Crippen LogP) is 6.23. The molecule has 4 amide bonds. The Kier molecular flexibility index (Phi) is 16.0. The molecule has 3 N–H and O–H groups in total. The number of cyclic esters (lactones) is 1. The summed E-state index contributed by atoms with van der Waals surface area (Å²) in [6.07, 6.45) is 5.64. The van der Waals surface area contributed by atoms with E-state index in [0.29, 0.717) is 25.9 Å². The van der Waals surface area contributed by atoms with Crippen molar-refractivity contribution in [3.8, 4) is 11.1 Å². The summed E-state index contributed by atoms with van der Waals surface area (Å²) in [6.45, 7) is 24.4. The Bertz CT molecular complexity index is 2510. The zero-order valence-corrected chi connectivity index (χ0v) is 41.6. The number of nitrogens with zero attached hydrogens (tertiary/aromatic N) is 5. The number of aryl methyl sites for hydroxylation is 1. The van der Waals surface area contributed by atoms with Crippen molar-refractivity contribution in [3.05, 3.63) is 90.3 Å². The molecular weight excluding hydrogens is 863 g/mol. The molecule has 2 fully saturated rings. The first-order chi connectivity index (χ1) is 32.2. The van der Waals surface area contributed by atoms with E-state index in [4.69, 9.17) is 14.5 Å². The Labute approximate surface area is 401 Å². The Morgan fingerprint density at radius 2 is 1.81 bits per heavy atom. The fourth-order valence-electron chi connectivity index (χ4n) is 10.2. The average molecular weight is 934 g/mol. The van der Waals surface area contributed by atoms with Crippen molar-refractivity contribution in [3.63, 3.8) is 0 Å². The Balaban J connectivity index is 1.46. The van der Waals surface area contributed by atoms with E-state index >= 15 is 0 Å². The number of esters is 1. The number of hydrogen-bond donors (Lipinski definition) is 3. The number of aliphatic imine (C=N–C) groups is 1. The summed E-state index contributed by atoms with van der Waals surface area (Å²) in [5, 5.41) is 17.1. The van der Waals surface area contributed by atoms with E-state index in [1.807, 2.05) is 78.8 Å². The second kappa shape index (κ2) is 21.2. The van der Waals surface area contributed by atoms with E-state index in [2.05, 4.69) is 53.6 Å². The summed E-state index contributed by atoms with van der Waals surface area (Å²) in [7, 11) is 3.23. The Morgan fingerprint density at radius 1 is 1.09 bits per heavy atom. The van der Waals surface area contributed by atoms with Crippen molar-refractivity contribution in [2.75, 3.05) is 33.9 Å². The second-order valence-corrected chi connectivity index (χ2v) is 19.5. The molecule has 0 radical (unpaired) electrons. The third kappa shape index (κ3) is 10.4. The van der Waals surface area contributed by atoms with Crippen LogP contribution >= 0.6 is 0 Å². The molecule has 4 heterocycles. The van der Waals surface area contributed by atoms with E-state index in [1.54, 1.807) is 25.3 Å². The number of likely N-dealkylation sites (tertiary alicyclic amines) is 1. The van der Waals surface area contributed by atoms with Gasteiger partial charge < -0.3 is 34.3 Å². The maximum Gasteiger partial charge on any atom is 0.355 e. The SMILES string of the molecule is C=CC(=O)N1CC[C@H](C(=O)N(C)[C@H](C(=O)N[C@H]2Cc3cccc(c3)-c3ccc4c(c3)c(c(/C(C=C)=C(/N=C\C)[C@H](C)OC)n4CC)CC(C)(C)COC(=O)[C@@]3(O)CCCN(N3)C2=O)C(C)C)[C@H]1C. The van der Waals surface area contributed by atoms with E-state index in [9.17, 15) is 29.1 Å². The molecule has 1 aromatic heterocycles. The highest BCUT2D eigenvalue weighted by Gasteiger charge is 2.46. The van der Waals surface area contributed by atoms with Gasteiger partial charge in [-0.1, -0.05) is 77.3 Å². The molecule has 366 valence electrons. The number of methoxy groups -OCH3 is 1. The highest BCUT2D eigenvalue weighted by atomic mass is 16.6. The predicted molar refractivity (Wildman–Crippen MR) is 265 cm³/mol. The molecule has 6 rings (SSSR count). The minimum atomic E-state index is -2.24. The number of fused-ring (bicyclic) bond motifs is 6. The van der Waals surface area contributed by atoms with Crippen LogP contribution in [0.1, 0.15) is 91.5 Å². The van der Waals surface area contributed by atoms with Crippen LogP contribution in [0.3, 0.4) is 0 Å². The van der Waals surface area contributed by atoms with Crippen LogP contribution in [-0.4, -0.2) is 124 Å². The van der Waals surface area contributed by atoms with Gasteiger partial charge >= 0.3 is 5.97 Å². The molecule has 2 aromatic carbocycles. The Hall–Kier alpha value is -5.90. The zero-order valence-electron chi connectivity index (χ0n) is 41.6. The number of aromatic nitrogens is 1. The summed E-state index contributed by atoms with van der Waals surface area (Å²) in [6, 6.07) is 11.6. The van der Waals surface area contributed by atoms with Crippen LogP contribution < -0.4 is 10.7 Å².